The summed E-state index contributed by atoms with van der Waals surface area (Å²) in [7, 11) is -3.35. The van der Waals surface area contributed by atoms with Gasteiger partial charge in [0.2, 0.25) is 0 Å². The number of nitrogens with one attached hydrogen (secondary N) is 1. The zero-order valence-electron chi connectivity index (χ0n) is 7.13. The molecule has 1 aliphatic rings. The quantitative estimate of drug-likeness (QED) is 0.246. The highest BCUT2D eigenvalue weighted by Gasteiger charge is 2.47. The van der Waals surface area contributed by atoms with E-state index in [9.17, 15) is 18.0 Å². The van der Waals surface area contributed by atoms with Gasteiger partial charge < -0.3 is 0 Å². The molecule has 0 spiro atoms. The van der Waals surface area contributed by atoms with E-state index in [1.54, 1.807) is 0 Å². The molecule has 8 nitrogen and oxygen atoms in total. The fourth-order valence-electron chi connectivity index (χ4n) is 0.970. The van der Waals surface area contributed by atoms with Crippen LogP contribution in [0.3, 0.4) is 0 Å². The van der Waals surface area contributed by atoms with Crippen LogP contribution in [-0.2, 0) is 24.7 Å². The van der Waals surface area contributed by atoms with Crippen molar-refractivity contribution < 1.29 is 27.4 Å². The second kappa shape index (κ2) is 3.52. The largest absolute Gasteiger partial charge is 0.362 e. The van der Waals surface area contributed by atoms with Crippen LogP contribution in [0.15, 0.2) is 0 Å². The Balaban J connectivity index is 2.61. The molecular weight excluding hydrogens is 216 g/mol. The summed E-state index contributed by atoms with van der Waals surface area (Å²) < 4.78 is 29.5. The van der Waals surface area contributed by atoms with Gasteiger partial charge in [0.25, 0.3) is 11.8 Å². The van der Waals surface area contributed by atoms with Gasteiger partial charge in [0.05, 0.1) is 13.7 Å². The van der Waals surface area contributed by atoms with Crippen molar-refractivity contribution >= 4 is 22.1 Å². The first-order chi connectivity index (χ1) is 6.38. The molecule has 14 heavy (non-hydrogen) atoms. The Kier molecular flexibility index (Phi) is 2.73. The SMILES string of the molecule is CONC(=O)C1CN(S(=O)(=O)O)C1=O. The summed E-state index contributed by atoms with van der Waals surface area (Å²) in [5.74, 6) is -2.82. The van der Waals surface area contributed by atoms with Crippen molar-refractivity contribution in [2.45, 2.75) is 0 Å². The predicted octanol–water partition coefficient (Wildman–Crippen LogP) is -2.07. The molecule has 2 N–H and O–H groups in total. The summed E-state index contributed by atoms with van der Waals surface area (Å²) in [6.07, 6.45) is 0. The highest BCUT2D eigenvalue weighted by molar-refractivity contribution is 7.84. The zero-order valence-corrected chi connectivity index (χ0v) is 7.94. The Bertz CT molecular complexity index is 362. The van der Waals surface area contributed by atoms with Gasteiger partial charge in [-0.1, -0.05) is 0 Å². The van der Waals surface area contributed by atoms with Gasteiger partial charge in [-0.05, 0) is 0 Å². The summed E-state index contributed by atoms with van der Waals surface area (Å²) in [6.45, 7) is -0.368. The highest BCUT2D eigenvalue weighted by atomic mass is 32.2. The smallest absolute Gasteiger partial charge is 0.277 e. The topological polar surface area (TPSA) is 113 Å². The third-order valence-electron chi connectivity index (χ3n) is 1.69. The van der Waals surface area contributed by atoms with Crippen molar-refractivity contribution in [3.63, 3.8) is 0 Å². The molecule has 1 saturated heterocycles. The van der Waals surface area contributed by atoms with E-state index in [1.165, 1.54) is 7.11 Å². The maximum absolute atomic E-state index is 11.0. The first-order valence-electron chi connectivity index (χ1n) is 3.49. The van der Waals surface area contributed by atoms with Gasteiger partial charge in [0.1, 0.15) is 5.92 Å². The maximum atomic E-state index is 11.0. The molecule has 2 amide bonds. The lowest BCUT2D eigenvalue weighted by atomic mass is 10.0. The average molecular weight is 224 g/mol. The molecule has 1 fully saturated rings. The van der Waals surface area contributed by atoms with Crippen LogP contribution in [-0.4, -0.2) is 42.7 Å². The molecule has 0 radical (unpaired) electrons. The number of β-lactam (4-membered cyclic amide) rings is 1. The number of rotatable bonds is 3. The van der Waals surface area contributed by atoms with Gasteiger partial charge in [-0.2, -0.15) is 8.42 Å². The Morgan fingerprint density at radius 1 is 1.71 bits per heavy atom. The molecule has 1 heterocycles. The van der Waals surface area contributed by atoms with Crippen molar-refractivity contribution in [2.24, 2.45) is 5.92 Å². The molecule has 0 bridgehead atoms. The van der Waals surface area contributed by atoms with Crippen molar-refractivity contribution in [3.05, 3.63) is 0 Å². The minimum atomic E-state index is -4.53. The van der Waals surface area contributed by atoms with Crippen LogP contribution in [0.5, 0.6) is 0 Å². The van der Waals surface area contributed by atoms with E-state index in [0.717, 1.165) is 0 Å². The molecule has 0 aromatic rings. The zero-order chi connectivity index (χ0) is 10.9. The van der Waals surface area contributed by atoms with Gasteiger partial charge in [0.15, 0.2) is 0 Å². The van der Waals surface area contributed by atoms with Crippen LogP contribution < -0.4 is 5.48 Å². The third kappa shape index (κ3) is 1.84. The van der Waals surface area contributed by atoms with Crippen molar-refractivity contribution in [1.82, 2.24) is 9.79 Å². The minimum Gasteiger partial charge on any atom is -0.277 e. The molecule has 80 valence electrons. The second-order valence-corrected chi connectivity index (χ2v) is 3.91. The van der Waals surface area contributed by atoms with Crippen LogP contribution >= 0.6 is 0 Å². The van der Waals surface area contributed by atoms with E-state index < -0.39 is 28.0 Å². The van der Waals surface area contributed by atoms with Crippen LogP contribution in [0, 0.1) is 5.92 Å². The number of carbonyl (C=O) groups excluding carboxylic acids is 2. The van der Waals surface area contributed by atoms with Crippen LogP contribution in [0.4, 0.5) is 0 Å². The molecule has 0 aromatic heterocycles. The van der Waals surface area contributed by atoms with Crippen molar-refractivity contribution in [1.29, 1.82) is 0 Å². The van der Waals surface area contributed by atoms with Gasteiger partial charge in [0, 0.05) is 0 Å². The predicted molar refractivity (Wildman–Crippen MR) is 41.9 cm³/mol. The number of hydroxylamine groups is 1. The second-order valence-electron chi connectivity index (χ2n) is 2.57. The van der Waals surface area contributed by atoms with Gasteiger partial charge in [-0.15, -0.1) is 0 Å². The number of amides is 2. The first-order valence-corrected chi connectivity index (χ1v) is 4.89. The summed E-state index contributed by atoms with van der Waals surface area (Å²) in [5.41, 5.74) is 1.89. The van der Waals surface area contributed by atoms with E-state index in [0.29, 0.717) is 0 Å². The molecule has 9 heteroatoms. The van der Waals surface area contributed by atoms with E-state index in [-0.39, 0.29) is 10.8 Å². The number of hydrogen-bond acceptors (Lipinski definition) is 5. The molecular formula is C5H8N2O6S. The van der Waals surface area contributed by atoms with Gasteiger partial charge >= 0.3 is 10.3 Å². The molecule has 1 unspecified atom stereocenters. The monoisotopic (exact) mass is 224 g/mol. The molecule has 0 aliphatic carbocycles. The Labute approximate surface area is 79.7 Å². The van der Waals surface area contributed by atoms with Gasteiger partial charge in [-0.3, -0.25) is 19.0 Å². The fourth-order valence-corrected chi connectivity index (χ4v) is 1.66. The summed E-state index contributed by atoms with van der Waals surface area (Å²) in [5, 5.41) is 0. The van der Waals surface area contributed by atoms with E-state index in [4.69, 9.17) is 4.55 Å². The first kappa shape index (κ1) is 10.9. The lowest BCUT2D eigenvalue weighted by molar-refractivity contribution is -0.153. The Morgan fingerprint density at radius 2 is 2.29 bits per heavy atom. The number of nitrogens with zero attached hydrogens (tertiary/aromatic N) is 1. The molecule has 1 atom stereocenters. The maximum Gasteiger partial charge on any atom is 0.362 e. The summed E-state index contributed by atoms with van der Waals surface area (Å²) >= 11 is 0. The highest BCUT2D eigenvalue weighted by Crippen LogP contribution is 2.20. The average Bonchev–Trinajstić information content (AvgIpc) is 1.99. The Morgan fingerprint density at radius 3 is 2.64 bits per heavy atom. The van der Waals surface area contributed by atoms with Crippen LogP contribution in [0.25, 0.3) is 0 Å². The summed E-state index contributed by atoms with van der Waals surface area (Å²) in [4.78, 5) is 26.2. The fraction of sp³-hybridized carbons (Fsp3) is 0.600. The third-order valence-corrected chi connectivity index (χ3v) is 2.58. The Hall–Kier alpha value is -1.19. The van der Waals surface area contributed by atoms with E-state index >= 15 is 0 Å². The van der Waals surface area contributed by atoms with E-state index in [2.05, 4.69) is 4.84 Å². The van der Waals surface area contributed by atoms with E-state index in [1.807, 2.05) is 5.48 Å². The molecule has 1 rings (SSSR count). The summed E-state index contributed by atoms with van der Waals surface area (Å²) in [6, 6.07) is 0. The number of hydrogen-bond donors (Lipinski definition) is 2. The van der Waals surface area contributed by atoms with Crippen LogP contribution in [0.2, 0.25) is 0 Å². The van der Waals surface area contributed by atoms with Crippen molar-refractivity contribution in [3.8, 4) is 0 Å². The number of carbonyl (C=O) groups is 2. The normalized spacial score (nSPS) is 21.7. The molecule has 1 aliphatic heterocycles. The minimum absolute atomic E-state index is 0.201. The van der Waals surface area contributed by atoms with Crippen LogP contribution in [0.1, 0.15) is 0 Å². The lowest BCUT2D eigenvalue weighted by Gasteiger charge is -2.33. The molecule has 0 aromatic carbocycles. The van der Waals surface area contributed by atoms with Crippen molar-refractivity contribution in [2.75, 3.05) is 13.7 Å². The lowest BCUT2D eigenvalue weighted by Crippen LogP contribution is -2.59. The molecule has 0 saturated carbocycles. The standard InChI is InChI=1S/C5H8N2O6S/c1-13-6-4(8)3-2-7(5(3)9)14(10,11)12/h3H,2H2,1H3,(H,6,8)(H,10,11,12). The van der Waals surface area contributed by atoms with Gasteiger partial charge in [-0.25, -0.2) is 9.79 Å².